The maximum absolute atomic E-state index is 13.3. The first-order valence-corrected chi connectivity index (χ1v) is 10.7. The number of morpholine rings is 1. The Hall–Kier alpha value is -2.78. The molecule has 1 fully saturated rings. The third-order valence-electron chi connectivity index (χ3n) is 4.95. The van der Waals surface area contributed by atoms with Crippen LogP contribution in [0.3, 0.4) is 0 Å². The molecule has 0 unspecified atom stereocenters. The molecule has 0 aliphatic carbocycles. The zero-order chi connectivity index (χ0) is 22.4. The van der Waals surface area contributed by atoms with Gasteiger partial charge in [0.1, 0.15) is 5.82 Å². The van der Waals surface area contributed by atoms with Crippen molar-refractivity contribution in [1.82, 2.24) is 10.2 Å². The third-order valence-corrected chi connectivity index (χ3v) is 5.64. The van der Waals surface area contributed by atoms with Crippen LogP contribution in [0.15, 0.2) is 40.9 Å². The van der Waals surface area contributed by atoms with Gasteiger partial charge in [-0.25, -0.2) is 4.39 Å². The van der Waals surface area contributed by atoms with Crippen LogP contribution in [0.4, 0.5) is 10.1 Å². The van der Waals surface area contributed by atoms with E-state index in [-0.39, 0.29) is 30.3 Å². The van der Waals surface area contributed by atoms with Crippen LogP contribution in [0.1, 0.15) is 32.7 Å². The molecule has 0 spiro atoms. The van der Waals surface area contributed by atoms with Crippen molar-refractivity contribution >= 4 is 39.3 Å². The number of hydrogen-bond acceptors (Lipinski definition) is 4. The minimum absolute atomic E-state index is 0.0275. The molecule has 2 aromatic carbocycles. The van der Waals surface area contributed by atoms with Crippen LogP contribution < -0.4 is 10.6 Å². The summed E-state index contributed by atoms with van der Waals surface area (Å²) in [4.78, 5) is 39.0. The van der Waals surface area contributed by atoms with Crippen molar-refractivity contribution < 1.29 is 23.5 Å². The summed E-state index contributed by atoms with van der Waals surface area (Å²) in [5, 5.41) is 5.39. The van der Waals surface area contributed by atoms with Crippen molar-refractivity contribution in [3.8, 4) is 0 Å². The molecule has 0 atom stereocenters. The quantitative estimate of drug-likeness (QED) is 0.649. The molecule has 2 aromatic rings. The zero-order valence-electron chi connectivity index (χ0n) is 17.0. The first-order chi connectivity index (χ1) is 14.9. The molecule has 9 heteroatoms. The van der Waals surface area contributed by atoms with Gasteiger partial charge in [-0.3, -0.25) is 14.4 Å². The van der Waals surface area contributed by atoms with Crippen molar-refractivity contribution in [3.05, 3.63) is 63.4 Å². The highest BCUT2D eigenvalue weighted by molar-refractivity contribution is 9.10. The van der Waals surface area contributed by atoms with Gasteiger partial charge in [0.25, 0.3) is 11.8 Å². The Morgan fingerprint density at radius 3 is 2.61 bits per heavy atom. The van der Waals surface area contributed by atoms with Crippen molar-refractivity contribution in [1.29, 1.82) is 0 Å². The highest BCUT2D eigenvalue weighted by Crippen LogP contribution is 2.21. The van der Waals surface area contributed by atoms with E-state index < -0.39 is 11.7 Å². The topological polar surface area (TPSA) is 87.7 Å². The summed E-state index contributed by atoms with van der Waals surface area (Å²) in [7, 11) is 0. The summed E-state index contributed by atoms with van der Waals surface area (Å²) in [5.41, 5.74) is 1.91. The largest absolute Gasteiger partial charge is 0.378 e. The van der Waals surface area contributed by atoms with Crippen LogP contribution in [0.2, 0.25) is 0 Å². The molecule has 1 aliphatic rings. The Morgan fingerprint density at radius 2 is 1.87 bits per heavy atom. The molecule has 0 aromatic heterocycles. The summed E-state index contributed by atoms with van der Waals surface area (Å²) < 4.78 is 19.1. The fourth-order valence-corrected chi connectivity index (χ4v) is 3.64. The molecule has 7 nitrogen and oxygen atoms in total. The van der Waals surface area contributed by atoms with E-state index in [1.165, 1.54) is 12.1 Å². The molecule has 0 radical (unpaired) electrons. The highest BCUT2D eigenvalue weighted by Gasteiger charge is 2.21. The van der Waals surface area contributed by atoms with E-state index in [9.17, 15) is 18.8 Å². The van der Waals surface area contributed by atoms with E-state index in [2.05, 4.69) is 26.6 Å². The average molecular weight is 492 g/mol. The van der Waals surface area contributed by atoms with Crippen LogP contribution in [0, 0.1) is 12.7 Å². The SMILES string of the molecule is Cc1c(NC(=O)CCNC(=O)c2cc(F)ccc2Br)cccc1C(=O)N1CCOCC1. The number of nitrogens with zero attached hydrogens (tertiary/aromatic N) is 1. The molecule has 1 aliphatic heterocycles. The van der Waals surface area contributed by atoms with Crippen LogP contribution in [0.25, 0.3) is 0 Å². The predicted molar refractivity (Wildman–Crippen MR) is 118 cm³/mol. The number of rotatable bonds is 6. The van der Waals surface area contributed by atoms with Gasteiger partial charge < -0.3 is 20.3 Å². The van der Waals surface area contributed by atoms with Gasteiger partial charge in [0.2, 0.25) is 5.91 Å². The monoisotopic (exact) mass is 491 g/mol. The summed E-state index contributed by atoms with van der Waals surface area (Å²) in [6, 6.07) is 9.00. The van der Waals surface area contributed by atoms with Gasteiger partial charge in [-0.2, -0.15) is 0 Å². The molecule has 164 valence electrons. The Labute approximate surface area is 188 Å². The zero-order valence-corrected chi connectivity index (χ0v) is 18.6. The number of hydrogen-bond donors (Lipinski definition) is 2. The van der Waals surface area contributed by atoms with E-state index in [4.69, 9.17) is 4.74 Å². The normalized spacial score (nSPS) is 13.6. The number of amides is 3. The van der Waals surface area contributed by atoms with Gasteiger partial charge in [-0.15, -0.1) is 0 Å². The Kier molecular flexibility index (Phi) is 7.75. The first kappa shape index (κ1) is 22.9. The lowest BCUT2D eigenvalue weighted by atomic mass is 10.0. The summed E-state index contributed by atoms with van der Waals surface area (Å²) in [5.74, 6) is -1.40. The third kappa shape index (κ3) is 5.89. The van der Waals surface area contributed by atoms with Gasteiger partial charge in [0.05, 0.1) is 18.8 Å². The van der Waals surface area contributed by atoms with Gasteiger partial charge in [0, 0.05) is 41.8 Å². The van der Waals surface area contributed by atoms with E-state index in [1.54, 1.807) is 30.0 Å². The molecule has 3 amide bonds. The number of benzene rings is 2. The molecular weight excluding hydrogens is 469 g/mol. The standard InChI is InChI=1S/C22H23BrFN3O4/c1-14-16(22(30)27-9-11-31-12-10-27)3-2-4-19(14)26-20(28)7-8-25-21(29)17-13-15(24)5-6-18(17)23/h2-6,13H,7-12H2,1H3,(H,25,29)(H,26,28). The summed E-state index contributed by atoms with van der Waals surface area (Å²) in [6.45, 7) is 3.97. The fraction of sp³-hybridized carbons (Fsp3) is 0.318. The van der Waals surface area contributed by atoms with E-state index in [0.717, 1.165) is 6.07 Å². The second kappa shape index (κ2) is 10.5. The molecule has 0 bridgehead atoms. The summed E-state index contributed by atoms with van der Waals surface area (Å²) in [6.07, 6.45) is 0.0275. The lowest BCUT2D eigenvalue weighted by Crippen LogP contribution is -2.41. The highest BCUT2D eigenvalue weighted by atomic mass is 79.9. The molecule has 0 saturated carbocycles. The summed E-state index contributed by atoms with van der Waals surface area (Å²) >= 11 is 3.21. The number of halogens is 2. The van der Waals surface area contributed by atoms with Gasteiger partial charge in [0.15, 0.2) is 0 Å². The van der Waals surface area contributed by atoms with Crippen molar-refractivity contribution in [3.63, 3.8) is 0 Å². The number of carbonyl (C=O) groups is 3. The number of carbonyl (C=O) groups excluding carboxylic acids is 3. The maximum Gasteiger partial charge on any atom is 0.254 e. The second-order valence-electron chi connectivity index (χ2n) is 7.06. The first-order valence-electron chi connectivity index (χ1n) is 9.86. The van der Waals surface area contributed by atoms with E-state index in [0.29, 0.717) is 47.6 Å². The molecule has 1 heterocycles. The van der Waals surface area contributed by atoms with Crippen molar-refractivity contribution in [2.45, 2.75) is 13.3 Å². The molecular formula is C22H23BrFN3O4. The van der Waals surface area contributed by atoms with Crippen molar-refractivity contribution in [2.75, 3.05) is 38.2 Å². The number of ether oxygens (including phenoxy) is 1. The lowest BCUT2D eigenvalue weighted by molar-refractivity contribution is -0.116. The van der Waals surface area contributed by atoms with Gasteiger partial charge in [-0.05, 0) is 58.7 Å². The average Bonchev–Trinajstić information content (AvgIpc) is 2.77. The second-order valence-corrected chi connectivity index (χ2v) is 7.92. The van der Waals surface area contributed by atoms with E-state index in [1.807, 2.05) is 0 Å². The van der Waals surface area contributed by atoms with Crippen LogP contribution in [-0.2, 0) is 9.53 Å². The Bertz CT molecular complexity index is 993. The van der Waals surface area contributed by atoms with Gasteiger partial charge >= 0.3 is 0 Å². The molecule has 2 N–H and O–H groups in total. The smallest absolute Gasteiger partial charge is 0.254 e. The Morgan fingerprint density at radius 1 is 1.13 bits per heavy atom. The van der Waals surface area contributed by atoms with Crippen LogP contribution in [0.5, 0.6) is 0 Å². The number of anilines is 1. The van der Waals surface area contributed by atoms with E-state index >= 15 is 0 Å². The van der Waals surface area contributed by atoms with Crippen LogP contribution in [-0.4, -0.2) is 55.5 Å². The molecule has 3 rings (SSSR count). The lowest BCUT2D eigenvalue weighted by Gasteiger charge is -2.27. The molecule has 31 heavy (non-hydrogen) atoms. The number of nitrogens with one attached hydrogen (secondary N) is 2. The van der Waals surface area contributed by atoms with Crippen LogP contribution >= 0.6 is 15.9 Å². The predicted octanol–water partition coefficient (Wildman–Crippen LogP) is 3.13. The van der Waals surface area contributed by atoms with Gasteiger partial charge in [-0.1, -0.05) is 6.07 Å². The Balaban J connectivity index is 1.56. The minimum Gasteiger partial charge on any atom is -0.378 e. The van der Waals surface area contributed by atoms with Crippen molar-refractivity contribution in [2.24, 2.45) is 0 Å². The fourth-order valence-electron chi connectivity index (χ4n) is 3.21. The maximum atomic E-state index is 13.3. The minimum atomic E-state index is -0.520. The molecule has 1 saturated heterocycles.